The first kappa shape index (κ1) is 20.3. The zero-order valence-corrected chi connectivity index (χ0v) is 17.0. The van der Waals surface area contributed by atoms with Crippen molar-refractivity contribution in [3.63, 3.8) is 0 Å². The number of ether oxygens (including phenoxy) is 1. The fraction of sp³-hybridized carbons (Fsp3) is 0.333. The molecular formula is C21H22ClN5O3. The van der Waals surface area contributed by atoms with E-state index in [9.17, 15) is 9.90 Å². The average molecular weight is 428 g/mol. The molecule has 1 N–H and O–H groups in total. The zero-order chi connectivity index (χ0) is 20.9. The minimum atomic E-state index is -0.769. The number of rotatable bonds is 7. The molecule has 2 atom stereocenters. The summed E-state index contributed by atoms with van der Waals surface area (Å²) in [6.45, 7) is 1.71. The Labute approximate surface area is 179 Å². The lowest BCUT2D eigenvalue weighted by Gasteiger charge is -2.17. The van der Waals surface area contributed by atoms with Crippen molar-refractivity contribution in [3.05, 3.63) is 71.0 Å². The number of benzene rings is 2. The molecule has 30 heavy (non-hydrogen) atoms. The highest BCUT2D eigenvalue weighted by Crippen LogP contribution is 2.29. The first-order valence-electron chi connectivity index (χ1n) is 9.75. The Balaban J connectivity index is 1.29. The van der Waals surface area contributed by atoms with Gasteiger partial charge in [-0.05, 0) is 53.6 Å². The number of nitrogens with zero attached hydrogens (tertiary/aromatic N) is 5. The van der Waals surface area contributed by atoms with Gasteiger partial charge in [0.1, 0.15) is 18.5 Å². The third-order valence-electron chi connectivity index (χ3n) is 5.13. The minimum absolute atomic E-state index is 0.00954. The molecule has 2 heterocycles. The Bertz CT molecular complexity index is 963. The van der Waals surface area contributed by atoms with Crippen LogP contribution in [-0.4, -0.2) is 61.9 Å². The highest BCUT2D eigenvalue weighted by atomic mass is 35.5. The van der Waals surface area contributed by atoms with E-state index in [0.717, 1.165) is 18.0 Å². The van der Waals surface area contributed by atoms with E-state index in [-0.39, 0.29) is 19.1 Å². The number of hydrogen-bond acceptors (Lipinski definition) is 6. The fourth-order valence-electron chi connectivity index (χ4n) is 3.53. The van der Waals surface area contributed by atoms with Crippen LogP contribution in [0.3, 0.4) is 0 Å². The lowest BCUT2D eigenvalue weighted by Crippen LogP contribution is -2.28. The van der Waals surface area contributed by atoms with Crippen molar-refractivity contribution >= 4 is 17.5 Å². The van der Waals surface area contributed by atoms with Crippen LogP contribution >= 0.6 is 11.6 Å². The first-order valence-corrected chi connectivity index (χ1v) is 10.1. The molecule has 1 saturated heterocycles. The maximum Gasteiger partial charge on any atom is 0.253 e. The van der Waals surface area contributed by atoms with Gasteiger partial charge in [-0.3, -0.25) is 4.79 Å². The molecule has 0 saturated carbocycles. The van der Waals surface area contributed by atoms with Crippen LogP contribution in [0.4, 0.5) is 0 Å². The van der Waals surface area contributed by atoms with Crippen LogP contribution in [0.1, 0.15) is 28.3 Å². The molecule has 0 bridgehead atoms. The summed E-state index contributed by atoms with van der Waals surface area (Å²) >= 11 is 5.96. The Hall–Kier alpha value is -2.97. The maximum atomic E-state index is 12.8. The Kier molecular flexibility index (Phi) is 6.25. The summed E-state index contributed by atoms with van der Waals surface area (Å²) in [5, 5.41) is 21.8. The van der Waals surface area contributed by atoms with Gasteiger partial charge in [0, 0.05) is 29.6 Å². The fourth-order valence-corrected chi connectivity index (χ4v) is 3.66. The third kappa shape index (κ3) is 4.95. The molecule has 1 aromatic heterocycles. The number of halogens is 1. The van der Waals surface area contributed by atoms with Crippen LogP contribution in [0.5, 0.6) is 5.75 Å². The van der Waals surface area contributed by atoms with Gasteiger partial charge in [0.05, 0.1) is 6.54 Å². The molecule has 0 aliphatic carbocycles. The summed E-state index contributed by atoms with van der Waals surface area (Å²) in [4.78, 5) is 16.0. The predicted molar refractivity (Wildman–Crippen MR) is 110 cm³/mol. The van der Waals surface area contributed by atoms with Crippen molar-refractivity contribution in [2.45, 2.75) is 25.0 Å². The molecule has 1 aliphatic rings. The van der Waals surface area contributed by atoms with Gasteiger partial charge in [0.25, 0.3) is 5.91 Å². The summed E-state index contributed by atoms with van der Waals surface area (Å²) < 4.78 is 5.59. The van der Waals surface area contributed by atoms with Crippen LogP contribution in [0.15, 0.2) is 54.9 Å². The van der Waals surface area contributed by atoms with E-state index in [2.05, 4.69) is 15.4 Å². The Morgan fingerprint density at radius 1 is 1.20 bits per heavy atom. The van der Waals surface area contributed by atoms with E-state index < -0.39 is 6.10 Å². The number of aliphatic hydroxyl groups excluding tert-OH is 1. The molecule has 0 radical (unpaired) electrons. The van der Waals surface area contributed by atoms with Crippen LogP contribution in [0.2, 0.25) is 5.02 Å². The summed E-state index contributed by atoms with van der Waals surface area (Å²) in [5.41, 5.74) is 1.82. The zero-order valence-electron chi connectivity index (χ0n) is 16.3. The lowest BCUT2D eigenvalue weighted by molar-refractivity contribution is 0.0788. The number of amides is 1. The monoisotopic (exact) mass is 427 g/mol. The van der Waals surface area contributed by atoms with Crippen molar-refractivity contribution in [1.29, 1.82) is 0 Å². The van der Waals surface area contributed by atoms with Crippen molar-refractivity contribution in [2.75, 3.05) is 19.7 Å². The predicted octanol–water partition coefficient (Wildman–Crippen LogP) is 2.40. The second-order valence-electron chi connectivity index (χ2n) is 7.27. The van der Waals surface area contributed by atoms with E-state index in [1.165, 1.54) is 16.7 Å². The molecular weight excluding hydrogens is 406 g/mol. The molecule has 0 spiro atoms. The SMILES string of the molecule is O=C(c1ccc(OCC(O)Cn2ncnn2)cc1)N1CCC(c2ccc(Cl)cc2)C1. The third-order valence-corrected chi connectivity index (χ3v) is 5.38. The Morgan fingerprint density at radius 2 is 1.97 bits per heavy atom. The van der Waals surface area contributed by atoms with E-state index in [1.54, 1.807) is 24.3 Å². The Morgan fingerprint density at radius 3 is 2.67 bits per heavy atom. The molecule has 1 amide bonds. The molecule has 156 valence electrons. The molecule has 2 aromatic carbocycles. The van der Waals surface area contributed by atoms with Gasteiger partial charge in [-0.1, -0.05) is 23.7 Å². The van der Waals surface area contributed by atoms with Crippen LogP contribution < -0.4 is 4.74 Å². The van der Waals surface area contributed by atoms with Gasteiger partial charge in [-0.2, -0.15) is 4.80 Å². The minimum Gasteiger partial charge on any atom is -0.491 e. The molecule has 4 rings (SSSR count). The molecule has 3 aromatic rings. The van der Waals surface area contributed by atoms with E-state index in [4.69, 9.17) is 16.3 Å². The van der Waals surface area contributed by atoms with Gasteiger partial charge >= 0.3 is 0 Å². The number of tetrazole rings is 1. The van der Waals surface area contributed by atoms with Gasteiger partial charge in [0.15, 0.2) is 6.33 Å². The molecule has 8 nitrogen and oxygen atoms in total. The average Bonchev–Trinajstić information content (AvgIpc) is 3.45. The molecule has 9 heteroatoms. The maximum absolute atomic E-state index is 12.8. The largest absolute Gasteiger partial charge is 0.491 e. The van der Waals surface area contributed by atoms with Crippen LogP contribution in [0.25, 0.3) is 0 Å². The number of aliphatic hydroxyl groups is 1. The van der Waals surface area contributed by atoms with Crippen LogP contribution in [0, 0.1) is 0 Å². The van der Waals surface area contributed by atoms with Crippen molar-refractivity contribution in [3.8, 4) is 5.75 Å². The topological polar surface area (TPSA) is 93.4 Å². The van der Waals surface area contributed by atoms with Crippen LogP contribution in [-0.2, 0) is 6.54 Å². The van der Waals surface area contributed by atoms with Crippen molar-refractivity contribution in [2.24, 2.45) is 0 Å². The number of hydrogen-bond donors (Lipinski definition) is 1. The van der Waals surface area contributed by atoms with Gasteiger partial charge < -0.3 is 14.7 Å². The highest BCUT2D eigenvalue weighted by Gasteiger charge is 2.28. The number of likely N-dealkylation sites (tertiary alicyclic amines) is 1. The standard InChI is InChI=1S/C21H22ClN5O3/c22-18-5-1-15(2-6-18)17-9-10-26(11-17)21(29)16-3-7-20(8-4-16)30-13-19(28)12-27-24-14-23-25-27/h1-8,14,17,19,28H,9-13H2. The summed E-state index contributed by atoms with van der Waals surface area (Å²) in [6.07, 6.45) is 1.48. The van der Waals surface area contributed by atoms with E-state index in [0.29, 0.717) is 23.8 Å². The number of aromatic nitrogens is 4. The summed E-state index contributed by atoms with van der Waals surface area (Å²) in [7, 11) is 0. The molecule has 1 aliphatic heterocycles. The normalized spacial score (nSPS) is 17.1. The highest BCUT2D eigenvalue weighted by molar-refractivity contribution is 6.30. The quantitative estimate of drug-likeness (QED) is 0.622. The van der Waals surface area contributed by atoms with Gasteiger partial charge in [-0.15, -0.1) is 10.2 Å². The first-order chi connectivity index (χ1) is 14.6. The summed E-state index contributed by atoms with van der Waals surface area (Å²) in [6, 6.07) is 14.8. The van der Waals surface area contributed by atoms with Gasteiger partial charge in [-0.25, -0.2) is 0 Å². The van der Waals surface area contributed by atoms with Crippen molar-refractivity contribution < 1.29 is 14.6 Å². The van der Waals surface area contributed by atoms with Gasteiger partial charge in [0.2, 0.25) is 0 Å². The summed E-state index contributed by atoms with van der Waals surface area (Å²) in [5.74, 6) is 0.919. The van der Waals surface area contributed by atoms with E-state index >= 15 is 0 Å². The number of carbonyl (C=O) groups is 1. The number of carbonyl (C=O) groups excluding carboxylic acids is 1. The molecule has 1 fully saturated rings. The van der Waals surface area contributed by atoms with Crippen molar-refractivity contribution in [1.82, 2.24) is 25.1 Å². The molecule has 2 unspecified atom stereocenters. The van der Waals surface area contributed by atoms with E-state index in [1.807, 2.05) is 29.2 Å². The lowest BCUT2D eigenvalue weighted by atomic mass is 9.99. The second-order valence-corrected chi connectivity index (χ2v) is 7.70. The smallest absolute Gasteiger partial charge is 0.253 e. The second kappa shape index (κ2) is 9.23.